The molecule has 2 amide bonds. The molecule has 3 aromatic rings. The van der Waals surface area contributed by atoms with Crippen LogP contribution in [0.4, 0.5) is 5.69 Å². The van der Waals surface area contributed by atoms with E-state index in [0.29, 0.717) is 22.2 Å². The van der Waals surface area contributed by atoms with E-state index in [1.165, 1.54) is 10.7 Å². The van der Waals surface area contributed by atoms with Gasteiger partial charge in [-0.25, -0.2) is 8.42 Å². The first-order valence-electron chi connectivity index (χ1n) is 15.1. The summed E-state index contributed by atoms with van der Waals surface area (Å²) in [4.78, 5) is 29.7. The second-order valence-electron chi connectivity index (χ2n) is 11.6. The molecule has 0 saturated heterocycles. The van der Waals surface area contributed by atoms with Gasteiger partial charge in [-0.3, -0.25) is 13.9 Å². The summed E-state index contributed by atoms with van der Waals surface area (Å²) in [5.74, 6) is -0.413. The zero-order valence-electron chi connectivity index (χ0n) is 25.3. The van der Waals surface area contributed by atoms with Crippen molar-refractivity contribution in [1.82, 2.24) is 10.2 Å². The standard InChI is InChI=1S/C34H41Cl2N3O4S/c1-25-18-19-29(36)23-31(25)39(44(2,42)43)20-10-17-33(40)38(24-27-13-9-14-28(35)21-27)32(22-26-11-5-3-6-12-26)34(41)37-30-15-7-4-8-16-30/h3,5-6,9,11-14,18-19,21,23,30,32H,4,7-8,10,15-17,20,22,24H2,1-2H3,(H,37,41). The third-order valence-electron chi connectivity index (χ3n) is 8.06. The highest BCUT2D eigenvalue weighted by Crippen LogP contribution is 2.27. The van der Waals surface area contributed by atoms with Crippen LogP contribution < -0.4 is 9.62 Å². The smallest absolute Gasteiger partial charge is 0.243 e. The molecule has 7 nitrogen and oxygen atoms in total. The van der Waals surface area contributed by atoms with Gasteiger partial charge >= 0.3 is 0 Å². The molecule has 0 spiro atoms. The molecular formula is C34H41Cl2N3O4S. The van der Waals surface area contributed by atoms with E-state index in [9.17, 15) is 18.0 Å². The molecule has 1 aliphatic rings. The van der Waals surface area contributed by atoms with Crippen LogP contribution in [0.25, 0.3) is 0 Å². The molecule has 4 rings (SSSR count). The summed E-state index contributed by atoms with van der Waals surface area (Å²) >= 11 is 12.5. The fourth-order valence-electron chi connectivity index (χ4n) is 5.76. The van der Waals surface area contributed by atoms with Gasteiger partial charge < -0.3 is 10.2 Å². The van der Waals surface area contributed by atoms with Crippen molar-refractivity contribution in [2.45, 2.75) is 76.9 Å². The van der Waals surface area contributed by atoms with Crippen LogP contribution in [0, 0.1) is 6.92 Å². The average molecular weight is 659 g/mol. The summed E-state index contributed by atoms with van der Waals surface area (Å²) in [6.07, 6.45) is 6.96. The fourth-order valence-corrected chi connectivity index (χ4v) is 7.16. The van der Waals surface area contributed by atoms with Crippen LogP contribution in [-0.2, 0) is 32.6 Å². The molecular weight excluding hydrogens is 617 g/mol. The van der Waals surface area contributed by atoms with Crippen LogP contribution in [-0.4, -0.2) is 50.0 Å². The number of nitrogens with zero attached hydrogens (tertiary/aromatic N) is 2. The number of rotatable bonds is 13. The normalized spacial score (nSPS) is 14.5. The maximum Gasteiger partial charge on any atom is 0.243 e. The Hall–Kier alpha value is -3.07. The first kappa shape index (κ1) is 33.8. The summed E-state index contributed by atoms with van der Waals surface area (Å²) in [6, 6.07) is 21.4. The van der Waals surface area contributed by atoms with Gasteiger partial charge in [0.05, 0.1) is 11.9 Å². The van der Waals surface area contributed by atoms with E-state index in [2.05, 4.69) is 5.32 Å². The maximum atomic E-state index is 14.1. The Morgan fingerprint density at radius 3 is 2.27 bits per heavy atom. The Balaban J connectivity index is 1.60. The predicted molar refractivity (Wildman–Crippen MR) is 179 cm³/mol. The SMILES string of the molecule is Cc1ccc(Cl)cc1N(CCCC(=O)N(Cc1cccc(Cl)c1)C(Cc1ccccc1)C(=O)NC1CCCCC1)S(C)(=O)=O. The molecule has 1 N–H and O–H groups in total. The molecule has 44 heavy (non-hydrogen) atoms. The van der Waals surface area contributed by atoms with Crippen molar-refractivity contribution in [1.29, 1.82) is 0 Å². The van der Waals surface area contributed by atoms with E-state index in [1.807, 2.05) is 49.4 Å². The van der Waals surface area contributed by atoms with Crippen molar-refractivity contribution >= 4 is 50.7 Å². The number of benzene rings is 3. The minimum atomic E-state index is -3.64. The molecule has 1 aliphatic carbocycles. The molecule has 236 valence electrons. The van der Waals surface area contributed by atoms with E-state index < -0.39 is 16.1 Å². The maximum absolute atomic E-state index is 14.1. The van der Waals surface area contributed by atoms with Gasteiger partial charge in [-0.05, 0) is 67.1 Å². The zero-order chi connectivity index (χ0) is 31.7. The number of anilines is 1. The summed E-state index contributed by atoms with van der Waals surface area (Å²) in [5, 5.41) is 4.21. The van der Waals surface area contributed by atoms with Crippen LogP contribution in [0.2, 0.25) is 10.0 Å². The first-order chi connectivity index (χ1) is 21.0. The number of hydrogen-bond donors (Lipinski definition) is 1. The lowest BCUT2D eigenvalue weighted by atomic mass is 9.94. The average Bonchev–Trinajstić information content (AvgIpc) is 2.99. The van der Waals surface area contributed by atoms with E-state index in [4.69, 9.17) is 23.2 Å². The Morgan fingerprint density at radius 2 is 1.59 bits per heavy atom. The third kappa shape index (κ3) is 9.71. The summed E-state index contributed by atoms with van der Waals surface area (Å²) in [6.45, 7) is 2.10. The largest absolute Gasteiger partial charge is 0.352 e. The molecule has 0 aliphatic heterocycles. The summed E-state index contributed by atoms with van der Waals surface area (Å²) in [7, 11) is -3.64. The van der Waals surface area contributed by atoms with E-state index in [1.54, 1.807) is 35.2 Å². The number of carbonyl (C=O) groups is 2. The fraction of sp³-hybridized carbons (Fsp3) is 0.412. The van der Waals surface area contributed by atoms with Crippen LogP contribution in [0.15, 0.2) is 72.8 Å². The van der Waals surface area contributed by atoms with Crippen molar-refractivity contribution in [2.24, 2.45) is 0 Å². The number of amides is 2. The van der Waals surface area contributed by atoms with E-state index in [0.717, 1.165) is 48.6 Å². The highest BCUT2D eigenvalue weighted by Gasteiger charge is 2.32. The number of sulfonamides is 1. The van der Waals surface area contributed by atoms with Crippen molar-refractivity contribution < 1.29 is 18.0 Å². The number of nitrogens with one attached hydrogen (secondary N) is 1. The number of aryl methyl sites for hydroxylation is 1. The zero-order valence-corrected chi connectivity index (χ0v) is 27.7. The molecule has 0 aromatic heterocycles. The van der Waals surface area contributed by atoms with Crippen molar-refractivity contribution in [2.75, 3.05) is 17.1 Å². The second kappa shape index (κ2) is 15.8. The Kier molecular flexibility index (Phi) is 12.1. The number of hydrogen-bond acceptors (Lipinski definition) is 4. The van der Waals surface area contributed by atoms with Crippen LogP contribution in [0.3, 0.4) is 0 Å². The second-order valence-corrected chi connectivity index (χ2v) is 14.3. The van der Waals surface area contributed by atoms with Crippen molar-refractivity contribution in [3.8, 4) is 0 Å². The molecule has 10 heteroatoms. The molecule has 1 atom stereocenters. The molecule has 0 radical (unpaired) electrons. The minimum Gasteiger partial charge on any atom is -0.352 e. The van der Waals surface area contributed by atoms with Gasteiger partial charge in [0.15, 0.2) is 0 Å². The van der Waals surface area contributed by atoms with E-state index in [-0.39, 0.29) is 43.8 Å². The van der Waals surface area contributed by atoms with Gasteiger partial charge in [-0.1, -0.05) is 91.0 Å². The molecule has 1 fully saturated rings. The molecule has 0 heterocycles. The predicted octanol–water partition coefficient (Wildman–Crippen LogP) is 6.94. The lowest BCUT2D eigenvalue weighted by molar-refractivity contribution is -0.141. The highest BCUT2D eigenvalue weighted by atomic mass is 35.5. The van der Waals surface area contributed by atoms with E-state index >= 15 is 0 Å². The highest BCUT2D eigenvalue weighted by molar-refractivity contribution is 7.92. The molecule has 0 bridgehead atoms. The Bertz CT molecular complexity index is 1530. The summed E-state index contributed by atoms with van der Waals surface area (Å²) in [5.41, 5.74) is 3.00. The third-order valence-corrected chi connectivity index (χ3v) is 9.71. The Morgan fingerprint density at radius 1 is 0.909 bits per heavy atom. The van der Waals surface area contributed by atoms with Crippen molar-refractivity contribution in [3.63, 3.8) is 0 Å². The van der Waals surface area contributed by atoms with Gasteiger partial charge in [0.25, 0.3) is 0 Å². The lowest BCUT2D eigenvalue weighted by Crippen LogP contribution is -2.52. The Labute approximate surface area is 271 Å². The van der Waals surface area contributed by atoms with Gasteiger partial charge in [0.1, 0.15) is 6.04 Å². The van der Waals surface area contributed by atoms with Crippen molar-refractivity contribution in [3.05, 3.63) is 99.5 Å². The first-order valence-corrected chi connectivity index (χ1v) is 17.7. The number of halogens is 2. The minimum absolute atomic E-state index is 0.0498. The van der Waals surface area contributed by atoms with Gasteiger partial charge in [0, 0.05) is 42.0 Å². The monoisotopic (exact) mass is 657 g/mol. The van der Waals surface area contributed by atoms with Crippen LogP contribution in [0.1, 0.15) is 61.6 Å². The quantitative estimate of drug-likeness (QED) is 0.216. The number of carbonyl (C=O) groups excluding carboxylic acids is 2. The van der Waals surface area contributed by atoms with Gasteiger partial charge in [0.2, 0.25) is 21.8 Å². The van der Waals surface area contributed by atoms with Crippen LogP contribution in [0.5, 0.6) is 0 Å². The molecule has 1 saturated carbocycles. The molecule has 3 aromatic carbocycles. The topological polar surface area (TPSA) is 86.8 Å². The summed E-state index contributed by atoms with van der Waals surface area (Å²) < 4.78 is 26.9. The lowest BCUT2D eigenvalue weighted by Gasteiger charge is -2.34. The van der Waals surface area contributed by atoms with Gasteiger partial charge in [-0.15, -0.1) is 0 Å². The van der Waals surface area contributed by atoms with Gasteiger partial charge in [-0.2, -0.15) is 0 Å². The van der Waals surface area contributed by atoms with Crippen LogP contribution >= 0.6 is 23.2 Å². The molecule has 1 unspecified atom stereocenters.